The predicted octanol–water partition coefficient (Wildman–Crippen LogP) is 3.44. The zero-order chi connectivity index (χ0) is 18.4. The van der Waals surface area contributed by atoms with E-state index in [-0.39, 0.29) is 30.2 Å². The van der Waals surface area contributed by atoms with Crippen LogP contribution in [-0.2, 0) is 11.3 Å². The standard InChI is InChI=1S/C21H20N2O3/c1-15(24)22-14-18-12-13-19(26-18)21(25)23-20(16-8-4-2-5-9-16)17-10-6-3-7-11-17/h2-13,20H,14H2,1H3,(H,22,24)(H,23,25). The lowest BCUT2D eigenvalue weighted by Crippen LogP contribution is -2.29. The van der Waals surface area contributed by atoms with Crippen LogP contribution in [0.3, 0.4) is 0 Å². The summed E-state index contributed by atoms with van der Waals surface area (Å²) in [5.74, 6) is 0.279. The Morgan fingerprint density at radius 3 is 2.00 bits per heavy atom. The molecule has 0 radical (unpaired) electrons. The van der Waals surface area contributed by atoms with Crippen LogP contribution >= 0.6 is 0 Å². The Bertz CT molecular complexity index is 833. The molecule has 0 aliphatic carbocycles. The molecule has 3 aromatic rings. The Balaban J connectivity index is 1.79. The summed E-state index contributed by atoms with van der Waals surface area (Å²) in [7, 11) is 0. The van der Waals surface area contributed by atoms with Crippen LogP contribution in [0, 0.1) is 0 Å². The van der Waals surface area contributed by atoms with E-state index in [1.54, 1.807) is 12.1 Å². The fourth-order valence-corrected chi connectivity index (χ4v) is 2.66. The van der Waals surface area contributed by atoms with Crippen LogP contribution in [-0.4, -0.2) is 11.8 Å². The number of furan rings is 1. The predicted molar refractivity (Wildman–Crippen MR) is 98.4 cm³/mol. The van der Waals surface area contributed by atoms with Crippen molar-refractivity contribution in [3.8, 4) is 0 Å². The third kappa shape index (κ3) is 4.39. The molecule has 0 unspecified atom stereocenters. The third-order valence-corrected chi connectivity index (χ3v) is 3.94. The van der Waals surface area contributed by atoms with Gasteiger partial charge in [0.1, 0.15) is 5.76 Å². The Morgan fingerprint density at radius 2 is 1.46 bits per heavy atom. The summed E-state index contributed by atoms with van der Waals surface area (Å²) in [6.45, 7) is 1.68. The van der Waals surface area contributed by atoms with Crippen LogP contribution in [0.1, 0.15) is 40.4 Å². The van der Waals surface area contributed by atoms with Crippen molar-refractivity contribution in [3.63, 3.8) is 0 Å². The van der Waals surface area contributed by atoms with Crippen molar-refractivity contribution in [2.75, 3.05) is 0 Å². The SMILES string of the molecule is CC(=O)NCc1ccc(C(=O)NC(c2ccccc2)c2ccccc2)o1. The normalized spacial score (nSPS) is 10.5. The minimum absolute atomic E-state index is 0.152. The number of rotatable bonds is 6. The van der Waals surface area contributed by atoms with Crippen molar-refractivity contribution in [1.29, 1.82) is 0 Å². The summed E-state index contributed by atoms with van der Waals surface area (Å²) in [4.78, 5) is 23.6. The number of nitrogens with one attached hydrogen (secondary N) is 2. The molecular formula is C21H20N2O3. The molecule has 1 heterocycles. The molecule has 0 atom stereocenters. The van der Waals surface area contributed by atoms with E-state index in [9.17, 15) is 9.59 Å². The van der Waals surface area contributed by atoms with E-state index in [1.165, 1.54) is 6.92 Å². The van der Waals surface area contributed by atoms with Crippen LogP contribution in [0.2, 0.25) is 0 Å². The topological polar surface area (TPSA) is 71.3 Å². The van der Waals surface area contributed by atoms with Gasteiger partial charge < -0.3 is 15.1 Å². The summed E-state index contributed by atoms with van der Waals surface area (Å²) in [5, 5.41) is 5.67. The van der Waals surface area contributed by atoms with E-state index in [2.05, 4.69) is 10.6 Å². The van der Waals surface area contributed by atoms with Crippen LogP contribution in [0.4, 0.5) is 0 Å². The van der Waals surface area contributed by atoms with Crippen molar-refractivity contribution in [1.82, 2.24) is 10.6 Å². The van der Waals surface area contributed by atoms with Gasteiger partial charge in [-0.15, -0.1) is 0 Å². The number of carbonyl (C=O) groups is 2. The van der Waals surface area contributed by atoms with E-state index in [4.69, 9.17) is 4.42 Å². The maximum atomic E-state index is 12.7. The van der Waals surface area contributed by atoms with Gasteiger partial charge in [-0.05, 0) is 23.3 Å². The Kier molecular flexibility index (Phi) is 5.49. The van der Waals surface area contributed by atoms with Gasteiger partial charge in [0.25, 0.3) is 5.91 Å². The first kappa shape index (κ1) is 17.5. The first-order valence-corrected chi connectivity index (χ1v) is 8.37. The highest BCUT2D eigenvalue weighted by Crippen LogP contribution is 2.22. The molecule has 2 N–H and O–H groups in total. The molecule has 3 rings (SSSR count). The molecule has 26 heavy (non-hydrogen) atoms. The molecule has 0 bridgehead atoms. The second-order valence-corrected chi connectivity index (χ2v) is 5.90. The zero-order valence-electron chi connectivity index (χ0n) is 14.4. The molecule has 2 aromatic carbocycles. The van der Waals surface area contributed by atoms with Crippen LogP contribution in [0.15, 0.2) is 77.2 Å². The van der Waals surface area contributed by atoms with Gasteiger partial charge in [-0.3, -0.25) is 9.59 Å². The van der Waals surface area contributed by atoms with Gasteiger partial charge in [-0.25, -0.2) is 0 Å². The quantitative estimate of drug-likeness (QED) is 0.717. The van der Waals surface area contributed by atoms with Crippen molar-refractivity contribution in [3.05, 3.63) is 95.4 Å². The number of hydrogen-bond acceptors (Lipinski definition) is 3. The zero-order valence-corrected chi connectivity index (χ0v) is 14.4. The van der Waals surface area contributed by atoms with Crippen molar-refractivity contribution < 1.29 is 14.0 Å². The lowest BCUT2D eigenvalue weighted by Gasteiger charge is -2.19. The molecule has 5 heteroatoms. The third-order valence-electron chi connectivity index (χ3n) is 3.94. The fourth-order valence-electron chi connectivity index (χ4n) is 2.66. The largest absolute Gasteiger partial charge is 0.454 e. The van der Waals surface area contributed by atoms with Crippen LogP contribution in [0.5, 0.6) is 0 Å². The number of benzene rings is 2. The highest BCUT2D eigenvalue weighted by Gasteiger charge is 2.19. The van der Waals surface area contributed by atoms with Gasteiger partial charge >= 0.3 is 0 Å². The van der Waals surface area contributed by atoms with E-state index in [0.29, 0.717) is 5.76 Å². The maximum absolute atomic E-state index is 12.7. The van der Waals surface area contributed by atoms with Gasteiger partial charge in [-0.1, -0.05) is 60.7 Å². The van der Waals surface area contributed by atoms with E-state index in [0.717, 1.165) is 11.1 Å². The molecule has 1 aromatic heterocycles. The molecule has 0 aliphatic rings. The van der Waals surface area contributed by atoms with Crippen molar-refractivity contribution >= 4 is 11.8 Å². The molecule has 0 spiro atoms. The number of amides is 2. The Hall–Kier alpha value is -3.34. The monoisotopic (exact) mass is 348 g/mol. The highest BCUT2D eigenvalue weighted by atomic mass is 16.4. The van der Waals surface area contributed by atoms with E-state index < -0.39 is 0 Å². The van der Waals surface area contributed by atoms with E-state index >= 15 is 0 Å². The summed E-state index contributed by atoms with van der Waals surface area (Å²) in [6, 6.07) is 22.5. The lowest BCUT2D eigenvalue weighted by molar-refractivity contribution is -0.119. The molecule has 0 aliphatic heterocycles. The van der Waals surface area contributed by atoms with Gasteiger partial charge in [0.15, 0.2) is 5.76 Å². The highest BCUT2D eigenvalue weighted by molar-refractivity contribution is 5.92. The van der Waals surface area contributed by atoms with Crippen LogP contribution in [0.25, 0.3) is 0 Å². The second-order valence-electron chi connectivity index (χ2n) is 5.90. The molecule has 5 nitrogen and oxygen atoms in total. The number of hydrogen-bond donors (Lipinski definition) is 2. The molecule has 2 amide bonds. The first-order valence-electron chi connectivity index (χ1n) is 8.37. The molecular weight excluding hydrogens is 328 g/mol. The molecule has 0 saturated carbocycles. The average molecular weight is 348 g/mol. The van der Waals surface area contributed by atoms with E-state index in [1.807, 2.05) is 60.7 Å². The smallest absolute Gasteiger partial charge is 0.287 e. The minimum Gasteiger partial charge on any atom is -0.454 e. The first-order chi connectivity index (χ1) is 12.6. The molecule has 0 saturated heterocycles. The van der Waals surface area contributed by atoms with Gasteiger partial charge in [0, 0.05) is 6.92 Å². The van der Waals surface area contributed by atoms with Gasteiger partial charge in [0.05, 0.1) is 12.6 Å². The Labute approximate surface area is 152 Å². The molecule has 132 valence electrons. The summed E-state index contributed by atoms with van der Waals surface area (Å²) >= 11 is 0. The minimum atomic E-state index is -0.309. The van der Waals surface area contributed by atoms with Gasteiger partial charge in [0.2, 0.25) is 5.91 Å². The van der Waals surface area contributed by atoms with Crippen molar-refractivity contribution in [2.45, 2.75) is 19.5 Å². The fraction of sp³-hybridized carbons (Fsp3) is 0.143. The summed E-state index contributed by atoms with van der Waals surface area (Å²) in [5.41, 5.74) is 1.97. The average Bonchev–Trinajstić information content (AvgIpc) is 3.15. The summed E-state index contributed by atoms with van der Waals surface area (Å²) in [6.07, 6.45) is 0. The lowest BCUT2D eigenvalue weighted by atomic mass is 9.98. The van der Waals surface area contributed by atoms with Crippen LogP contribution < -0.4 is 10.6 Å². The van der Waals surface area contributed by atoms with Gasteiger partial charge in [-0.2, -0.15) is 0 Å². The number of carbonyl (C=O) groups excluding carboxylic acids is 2. The second kappa shape index (κ2) is 8.16. The maximum Gasteiger partial charge on any atom is 0.287 e. The summed E-state index contributed by atoms with van der Waals surface area (Å²) < 4.78 is 5.54. The molecule has 0 fully saturated rings. The van der Waals surface area contributed by atoms with Crippen molar-refractivity contribution in [2.24, 2.45) is 0 Å². The Morgan fingerprint density at radius 1 is 0.885 bits per heavy atom.